The normalized spacial score (nSPS) is 13.1. The van der Waals surface area contributed by atoms with E-state index in [0.29, 0.717) is 13.0 Å². The van der Waals surface area contributed by atoms with E-state index in [1.165, 1.54) is 6.07 Å². The average molecular weight is 268 g/mol. The van der Waals surface area contributed by atoms with Gasteiger partial charge in [0.15, 0.2) is 0 Å². The highest BCUT2D eigenvalue weighted by Crippen LogP contribution is 2.31. The second-order valence-corrected chi connectivity index (χ2v) is 4.47. The van der Waals surface area contributed by atoms with Crippen molar-refractivity contribution in [3.8, 4) is 12.1 Å². The Balaban J connectivity index is 2.62. The van der Waals surface area contributed by atoms with E-state index in [0.717, 1.165) is 11.3 Å². The van der Waals surface area contributed by atoms with Crippen molar-refractivity contribution in [3.05, 3.63) is 28.3 Å². The van der Waals surface area contributed by atoms with Crippen LogP contribution < -0.4 is 5.73 Å². The third-order valence-electron chi connectivity index (χ3n) is 3.27. The second-order valence-electron chi connectivity index (χ2n) is 4.47. The number of nitriles is 2. The van der Waals surface area contributed by atoms with Crippen molar-refractivity contribution < 1.29 is 9.59 Å². The molecule has 0 saturated carbocycles. The van der Waals surface area contributed by atoms with Gasteiger partial charge in [0.25, 0.3) is 11.8 Å². The van der Waals surface area contributed by atoms with Gasteiger partial charge in [-0.1, -0.05) is 13.3 Å². The highest BCUT2D eigenvalue weighted by molar-refractivity contribution is 6.23. The summed E-state index contributed by atoms with van der Waals surface area (Å²) in [7, 11) is 0. The van der Waals surface area contributed by atoms with Gasteiger partial charge in [0.05, 0.1) is 27.9 Å². The molecule has 1 aliphatic heterocycles. The topological polar surface area (TPSA) is 111 Å². The Morgan fingerprint density at radius 3 is 2.50 bits per heavy atom. The van der Waals surface area contributed by atoms with Gasteiger partial charge in [0.2, 0.25) is 0 Å². The van der Waals surface area contributed by atoms with E-state index in [4.69, 9.17) is 16.3 Å². The number of hydrogen-bond acceptors (Lipinski definition) is 5. The van der Waals surface area contributed by atoms with Crippen LogP contribution in [0.5, 0.6) is 0 Å². The number of hydrogen-bond donors (Lipinski definition) is 1. The van der Waals surface area contributed by atoms with Gasteiger partial charge in [-0.2, -0.15) is 10.5 Å². The van der Waals surface area contributed by atoms with Crippen LogP contribution in [0.15, 0.2) is 6.07 Å². The molecule has 6 heteroatoms. The minimum absolute atomic E-state index is 0.0186. The lowest BCUT2D eigenvalue weighted by Gasteiger charge is -2.12. The fourth-order valence-electron chi connectivity index (χ4n) is 2.19. The molecule has 2 rings (SSSR count). The van der Waals surface area contributed by atoms with Crippen LogP contribution in [-0.4, -0.2) is 23.3 Å². The van der Waals surface area contributed by atoms with Gasteiger partial charge in [0.1, 0.15) is 12.1 Å². The number of anilines is 1. The van der Waals surface area contributed by atoms with Crippen LogP contribution in [0.4, 0.5) is 5.69 Å². The highest BCUT2D eigenvalue weighted by Gasteiger charge is 2.38. The first-order chi connectivity index (χ1) is 9.56. The number of amides is 2. The van der Waals surface area contributed by atoms with Crippen LogP contribution in [-0.2, 0) is 0 Å². The largest absolute Gasteiger partial charge is 0.397 e. The molecular weight excluding hydrogens is 256 g/mol. The van der Waals surface area contributed by atoms with Crippen molar-refractivity contribution in [2.45, 2.75) is 19.8 Å². The summed E-state index contributed by atoms with van der Waals surface area (Å²) < 4.78 is 0. The summed E-state index contributed by atoms with van der Waals surface area (Å²) in [5.41, 5.74) is 5.72. The van der Waals surface area contributed by atoms with Crippen LogP contribution in [0.25, 0.3) is 0 Å². The van der Waals surface area contributed by atoms with E-state index >= 15 is 0 Å². The fourth-order valence-corrected chi connectivity index (χ4v) is 2.19. The number of nitrogens with zero attached hydrogens (tertiary/aromatic N) is 3. The summed E-state index contributed by atoms with van der Waals surface area (Å²) in [5, 5.41) is 18.1. The minimum atomic E-state index is -0.508. The maximum atomic E-state index is 12.3. The van der Waals surface area contributed by atoms with Gasteiger partial charge in [-0.15, -0.1) is 0 Å². The Morgan fingerprint density at radius 1 is 1.25 bits per heavy atom. The molecule has 0 aliphatic carbocycles. The SMILES string of the molecule is CCCCN1C(=O)c2cc(C#N)c(N)c(C#N)c2C1=O. The molecule has 0 saturated heterocycles. The van der Waals surface area contributed by atoms with Crippen LogP contribution in [0.3, 0.4) is 0 Å². The fraction of sp³-hybridized carbons (Fsp3) is 0.286. The molecule has 100 valence electrons. The first-order valence-corrected chi connectivity index (χ1v) is 6.19. The zero-order valence-electron chi connectivity index (χ0n) is 10.9. The number of nitrogens with two attached hydrogens (primary N) is 1. The quantitative estimate of drug-likeness (QED) is 0.658. The molecule has 2 amide bonds. The van der Waals surface area contributed by atoms with E-state index in [1.807, 2.05) is 19.1 Å². The average Bonchev–Trinajstić information content (AvgIpc) is 2.68. The van der Waals surface area contributed by atoms with Gasteiger partial charge in [-0.3, -0.25) is 14.5 Å². The molecule has 0 fully saturated rings. The number of nitrogen functional groups attached to an aromatic ring is 1. The van der Waals surface area contributed by atoms with Gasteiger partial charge >= 0.3 is 0 Å². The third-order valence-corrected chi connectivity index (χ3v) is 3.27. The molecule has 1 aromatic rings. The van der Waals surface area contributed by atoms with E-state index in [2.05, 4.69) is 0 Å². The van der Waals surface area contributed by atoms with Crippen molar-refractivity contribution >= 4 is 17.5 Å². The molecule has 0 bridgehead atoms. The molecule has 2 N–H and O–H groups in total. The number of carbonyl (C=O) groups is 2. The molecule has 1 aromatic carbocycles. The predicted molar refractivity (Wildman–Crippen MR) is 70.6 cm³/mol. The molecule has 0 spiro atoms. The Kier molecular flexibility index (Phi) is 3.41. The summed E-state index contributed by atoms with van der Waals surface area (Å²) in [4.78, 5) is 25.6. The van der Waals surface area contributed by atoms with E-state index < -0.39 is 11.8 Å². The summed E-state index contributed by atoms with van der Waals surface area (Å²) >= 11 is 0. The van der Waals surface area contributed by atoms with Gasteiger partial charge in [-0.05, 0) is 12.5 Å². The maximum Gasteiger partial charge on any atom is 0.262 e. The van der Waals surface area contributed by atoms with E-state index in [1.54, 1.807) is 0 Å². The Bertz CT molecular complexity index is 695. The lowest BCUT2D eigenvalue weighted by molar-refractivity contribution is 0.0652. The summed E-state index contributed by atoms with van der Waals surface area (Å²) in [6.45, 7) is 2.25. The van der Waals surface area contributed by atoms with Crippen molar-refractivity contribution in [3.63, 3.8) is 0 Å². The molecule has 1 heterocycles. The maximum absolute atomic E-state index is 12.3. The molecule has 6 nitrogen and oxygen atoms in total. The summed E-state index contributed by atoms with van der Waals surface area (Å²) in [5.74, 6) is -0.974. The second kappa shape index (κ2) is 5.02. The van der Waals surface area contributed by atoms with E-state index in [-0.39, 0.29) is 27.9 Å². The van der Waals surface area contributed by atoms with E-state index in [9.17, 15) is 9.59 Å². The standard InChI is InChI=1S/C14H12N4O2/c1-2-3-4-18-13(19)9-5-8(6-15)12(17)10(7-16)11(9)14(18)20/h5H,2-4,17H2,1H3. The van der Waals surface area contributed by atoms with Gasteiger partial charge in [0, 0.05) is 6.54 Å². The monoisotopic (exact) mass is 268 g/mol. The number of carbonyl (C=O) groups excluding carboxylic acids is 2. The van der Waals surface area contributed by atoms with Crippen LogP contribution in [0.1, 0.15) is 51.6 Å². The number of imide groups is 1. The van der Waals surface area contributed by atoms with Crippen molar-refractivity contribution in [2.75, 3.05) is 12.3 Å². The van der Waals surface area contributed by atoms with Crippen LogP contribution >= 0.6 is 0 Å². The van der Waals surface area contributed by atoms with Crippen molar-refractivity contribution in [2.24, 2.45) is 0 Å². The Labute approximate surface area is 116 Å². The predicted octanol–water partition coefficient (Wildman–Crippen LogP) is 1.41. The van der Waals surface area contributed by atoms with Crippen molar-refractivity contribution in [1.82, 2.24) is 4.90 Å². The Morgan fingerprint density at radius 2 is 1.95 bits per heavy atom. The molecule has 0 atom stereocenters. The molecule has 1 aliphatic rings. The lowest BCUT2D eigenvalue weighted by atomic mass is 9.98. The molecular formula is C14H12N4O2. The van der Waals surface area contributed by atoms with Gasteiger partial charge in [-0.25, -0.2) is 0 Å². The minimum Gasteiger partial charge on any atom is -0.397 e. The Hall–Kier alpha value is -2.86. The molecule has 0 aromatic heterocycles. The number of benzene rings is 1. The zero-order chi connectivity index (χ0) is 14.9. The van der Waals surface area contributed by atoms with Crippen molar-refractivity contribution in [1.29, 1.82) is 10.5 Å². The molecule has 0 unspecified atom stereocenters. The first-order valence-electron chi connectivity index (χ1n) is 6.19. The molecule has 0 radical (unpaired) electrons. The zero-order valence-corrected chi connectivity index (χ0v) is 10.9. The third kappa shape index (κ3) is 1.79. The number of fused-ring (bicyclic) bond motifs is 1. The summed E-state index contributed by atoms with van der Waals surface area (Å²) in [6, 6.07) is 4.95. The first kappa shape index (κ1) is 13.6. The van der Waals surface area contributed by atoms with Crippen LogP contribution in [0.2, 0.25) is 0 Å². The number of rotatable bonds is 3. The number of unbranched alkanes of at least 4 members (excludes halogenated alkanes) is 1. The highest BCUT2D eigenvalue weighted by atomic mass is 16.2. The lowest BCUT2D eigenvalue weighted by Crippen LogP contribution is -2.30. The smallest absolute Gasteiger partial charge is 0.262 e. The molecule has 20 heavy (non-hydrogen) atoms. The van der Waals surface area contributed by atoms with Crippen LogP contribution in [0, 0.1) is 22.7 Å². The summed E-state index contributed by atoms with van der Waals surface area (Å²) in [6.07, 6.45) is 1.53. The van der Waals surface area contributed by atoms with Gasteiger partial charge < -0.3 is 5.73 Å².